The number of pyridine rings is 6. The second kappa shape index (κ2) is 18.0. The lowest BCUT2D eigenvalue weighted by Crippen LogP contribution is -1.99. The van der Waals surface area contributed by atoms with Gasteiger partial charge in [0, 0.05) is 93.6 Å². The van der Waals surface area contributed by atoms with Crippen molar-refractivity contribution >= 4 is 81.6 Å². The largest absolute Gasteiger partial charge is 0.353 e. The third-order valence-corrected chi connectivity index (χ3v) is 12.6. The molecule has 0 radical (unpaired) electrons. The van der Waals surface area contributed by atoms with Crippen molar-refractivity contribution in [1.82, 2.24) is 48.6 Å². The average Bonchev–Trinajstić information content (AvgIpc) is 4.22. The Kier molecular flexibility index (Phi) is 10.8. The van der Waals surface area contributed by atoms with Gasteiger partial charge in [0.1, 0.15) is 10.4 Å². The normalized spacial score (nSPS) is 11.3. The van der Waals surface area contributed by atoms with Crippen LogP contribution in [0.5, 0.6) is 0 Å². The zero-order chi connectivity index (χ0) is 46.1. The smallest absolute Gasteiger partial charge is 0.138 e. The van der Waals surface area contributed by atoms with E-state index in [1.807, 2.05) is 97.5 Å². The molecule has 10 heterocycles. The fraction of sp³-hybridized carbons (Fsp3) is 0. The zero-order valence-electron chi connectivity index (χ0n) is 36.8. The predicted molar refractivity (Wildman–Crippen MR) is 282 cm³/mol. The Balaban J connectivity index is 0.000000120. The molecule has 1 N–H and O–H groups in total. The monoisotopic (exact) mass is 954 g/mol. The Bertz CT molecular complexity index is 4090. The number of para-hydroxylation sites is 2. The van der Waals surface area contributed by atoms with Gasteiger partial charge in [-0.3, -0.25) is 24.5 Å². The average molecular weight is 956 g/mol. The topological polar surface area (TPSA) is 108 Å². The van der Waals surface area contributed by atoms with E-state index < -0.39 is 0 Å². The first-order valence-electron chi connectivity index (χ1n) is 22.4. The summed E-state index contributed by atoms with van der Waals surface area (Å²) in [6.45, 7) is 0. The maximum Gasteiger partial charge on any atom is 0.138 e. The molecule has 0 bridgehead atoms. The summed E-state index contributed by atoms with van der Waals surface area (Å²) < 4.78 is 7.51. The van der Waals surface area contributed by atoms with Crippen LogP contribution >= 0.6 is 15.9 Å². The molecular formula is C58H39BrN10. The van der Waals surface area contributed by atoms with E-state index in [0.717, 1.165) is 88.0 Å². The van der Waals surface area contributed by atoms with Crippen LogP contribution in [0.15, 0.2) is 236 Å². The lowest BCUT2D eigenvalue weighted by molar-refractivity contribution is 1.08. The number of benzene rings is 4. The molecule has 328 valence electrons. The molecule has 10 aromatic heterocycles. The van der Waals surface area contributed by atoms with Crippen LogP contribution in [0.3, 0.4) is 0 Å². The van der Waals surface area contributed by atoms with Crippen molar-refractivity contribution in [2.75, 3.05) is 0 Å². The molecule has 10 nitrogen and oxygen atoms in total. The number of nitrogens with one attached hydrogen (secondary N) is 1. The summed E-state index contributed by atoms with van der Waals surface area (Å²) in [6.07, 6.45) is 15.1. The quantitative estimate of drug-likeness (QED) is 0.172. The van der Waals surface area contributed by atoms with Crippen LogP contribution in [0.1, 0.15) is 0 Å². The highest BCUT2D eigenvalue weighted by atomic mass is 79.9. The number of fused-ring (bicyclic) bond motifs is 10. The van der Waals surface area contributed by atoms with Gasteiger partial charge in [0.2, 0.25) is 0 Å². The van der Waals surface area contributed by atoms with Crippen LogP contribution in [0.25, 0.3) is 105 Å². The number of aromatic amines is 1. The van der Waals surface area contributed by atoms with Crippen LogP contribution in [0.2, 0.25) is 0 Å². The minimum absolute atomic E-state index is 0.842. The van der Waals surface area contributed by atoms with Gasteiger partial charge in [-0.2, -0.15) is 0 Å². The van der Waals surface area contributed by atoms with Gasteiger partial charge in [-0.1, -0.05) is 48.5 Å². The van der Waals surface area contributed by atoms with Gasteiger partial charge in [0.05, 0.1) is 55.5 Å². The van der Waals surface area contributed by atoms with Gasteiger partial charge in [-0.05, 0) is 149 Å². The molecule has 11 heteroatoms. The molecule has 0 saturated heterocycles. The minimum Gasteiger partial charge on any atom is -0.353 e. The fourth-order valence-electron chi connectivity index (χ4n) is 9.11. The molecule has 4 aromatic carbocycles. The molecule has 0 fully saturated rings. The molecule has 0 amide bonds. The van der Waals surface area contributed by atoms with Crippen LogP contribution in [0, 0.1) is 0 Å². The highest BCUT2D eigenvalue weighted by molar-refractivity contribution is 9.10. The molecule has 0 saturated carbocycles. The van der Waals surface area contributed by atoms with Crippen molar-refractivity contribution in [2.24, 2.45) is 0 Å². The molecule has 0 unspecified atom stereocenters. The lowest BCUT2D eigenvalue weighted by atomic mass is 10.1. The van der Waals surface area contributed by atoms with E-state index >= 15 is 0 Å². The third kappa shape index (κ3) is 7.76. The van der Waals surface area contributed by atoms with Crippen LogP contribution in [-0.2, 0) is 0 Å². The molecule has 0 aliphatic carbocycles. The van der Waals surface area contributed by atoms with Crippen molar-refractivity contribution < 1.29 is 0 Å². The highest BCUT2D eigenvalue weighted by Crippen LogP contribution is 2.37. The molecule has 0 atom stereocenters. The summed E-state index contributed by atoms with van der Waals surface area (Å²) >= 11 is 3.33. The van der Waals surface area contributed by atoms with Crippen molar-refractivity contribution in [2.45, 2.75) is 0 Å². The van der Waals surface area contributed by atoms with Gasteiger partial charge in [0.25, 0.3) is 0 Å². The van der Waals surface area contributed by atoms with E-state index in [0.29, 0.717) is 0 Å². The Morgan fingerprint density at radius 1 is 0.420 bits per heavy atom. The van der Waals surface area contributed by atoms with Crippen molar-refractivity contribution in [3.05, 3.63) is 236 Å². The third-order valence-electron chi connectivity index (χ3n) is 12.2. The lowest BCUT2D eigenvalue weighted by Gasteiger charge is -2.10. The SMILES string of the molecule is Brc1cccc(-c2cccnc2)n1.c1ccc(-n2ccc3c2ccc2c4ncccc4n(-c4cccc(-c5cccnc5)n4)c23)cc1.c1ccc(-n2ccc3c4[nH]c5cccnc5c4ccc32)cc1. The molecule has 14 aromatic rings. The standard InChI is InChI=1S/C29H19N5.C19H13N3.C10H7BrN2/c1-2-8-21(9-3-1)33-18-15-22-25(33)14-13-23-28-26(11-6-17-31-28)34(29(22)23)27-12-4-10-24(32-27)20-7-5-16-30-19-20;1-2-5-13(6-3-1)22-12-10-14-17(22)9-8-15-18(14)21-16-7-4-11-20-19(15)16;11-10-5-1-4-9(13-10)8-3-2-6-12-7-8/h1-19H;1-12,21H;1-7H. The molecule has 69 heavy (non-hydrogen) atoms. The first-order chi connectivity index (χ1) is 34.2. The fourth-order valence-corrected chi connectivity index (χ4v) is 9.46. The summed E-state index contributed by atoms with van der Waals surface area (Å²) in [5, 5.41) is 4.67. The van der Waals surface area contributed by atoms with Gasteiger partial charge in [-0.15, -0.1) is 0 Å². The van der Waals surface area contributed by atoms with Gasteiger partial charge in [0.15, 0.2) is 0 Å². The number of halogens is 1. The van der Waals surface area contributed by atoms with Crippen LogP contribution < -0.4 is 0 Å². The van der Waals surface area contributed by atoms with Crippen molar-refractivity contribution in [1.29, 1.82) is 0 Å². The molecule has 0 aliphatic rings. The second-order valence-corrected chi connectivity index (χ2v) is 17.1. The molecule has 0 aliphatic heterocycles. The number of hydrogen-bond acceptors (Lipinski definition) is 6. The molecular weight excluding hydrogens is 917 g/mol. The first-order valence-corrected chi connectivity index (χ1v) is 23.2. The highest BCUT2D eigenvalue weighted by Gasteiger charge is 2.19. The van der Waals surface area contributed by atoms with Crippen molar-refractivity contribution in [3.8, 4) is 39.7 Å². The van der Waals surface area contributed by atoms with Crippen LogP contribution in [-0.4, -0.2) is 48.6 Å². The van der Waals surface area contributed by atoms with Gasteiger partial charge >= 0.3 is 0 Å². The van der Waals surface area contributed by atoms with E-state index in [2.05, 4.69) is 170 Å². The van der Waals surface area contributed by atoms with Gasteiger partial charge in [-0.25, -0.2) is 9.97 Å². The summed E-state index contributed by atoms with van der Waals surface area (Å²) in [6, 6.07) is 61.8. The number of hydrogen-bond donors (Lipinski definition) is 1. The summed E-state index contributed by atoms with van der Waals surface area (Å²) in [5.74, 6) is 0.856. The zero-order valence-corrected chi connectivity index (χ0v) is 38.4. The maximum atomic E-state index is 5.05. The number of H-pyrrole nitrogens is 1. The summed E-state index contributed by atoms with van der Waals surface area (Å²) in [5.41, 5.74) is 14.9. The number of nitrogens with zero attached hydrogens (tertiary/aromatic N) is 9. The van der Waals surface area contributed by atoms with Crippen molar-refractivity contribution in [3.63, 3.8) is 0 Å². The second-order valence-electron chi connectivity index (χ2n) is 16.3. The maximum absolute atomic E-state index is 5.05. The Morgan fingerprint density at radius 2 is 1.01 bits per heavy atom. The summed E-state index contributed by atoms with van der Waals surface area (Å²) in [4.78, 5) is 30.4. The Morgan fingerprint density at radius 3 is 1.68 bits per heavy atom. The number of aromatic nitrogens is 10. The molecule has 0 spiro atoms. The Labute approximate surface area is 404 Å². The number of rotatable bonds is 5. The predicted octanol–water partition coefficient (Wildman–Crippen LogP) is 14.1. The van der Waals surface area contributed by atoms with E-state index in [1.165, 1.54) is 22.0 Å². The molecule has 14 rings (SSSR count). The van der Waals surface area contributed by atoms with E-state index in [-0.39, 0.29) is 0 Å². The van der Waals surface area contributed by atoms with Gasteiger partial charge < -0.3 is 14.1 Å². The van der Waals surface area contributed by atoms with E-state index in [4.69, 9.17) is 9.97 Å². The first kappa shape index (κ1) is 41.4. The van der Waals surface area contributed by atoms with E-state index in [1.54, 1.807) is 18.6 Å². The van der Waals surface area contributed by atoms with Crippen LogP contribution in [0.4, 0.5) is 0 Å². The van der Waals surface area contributed by atoms with E-state index in [9.17, 15) is 0 Å². The minimum atomic E-state index is 0.842. The Hall–Kier alpha value is -9.06. The summed E-state index contributed by atoms with van der Waals surface area (Å²) in [7, 11) is 0.